The Kier molecular flexibility index (Phi) is 4.46. The number of fused-ring (bicyclic) bond motifs is 1. The van der Waals surface area contributed by atoms with Crippen LogP contribution in [0.5, 0.6) is 5.75 Å². The van der Waals surface area contributed by atoms with Crippen LogP contribution in [0.15, 0.2) is 36.5 Å². The van der Waals surface area contributed by atoms with Crippen molar-refractivity contribution >= 4 is 0 Å². The molecule has 0 aliphatic carbocycles. The lowest BCUT2D eigenvalue weighted by molar-refractivity contribution is 0.274. The Morgan fingerprint density at radius 3 is 3.10 bits per heavy atom. The van der Waals surface area contributed by atoms with Gasteiger partial charge >= 0.3 is 0 Å². The molecule has 0 saturated heterocycles. The van der Waals surface area contributed by atoms with Crippen molar-refractivity contribution in [2.45, 2.75) is 32.2 Å². The number of benzene rings is 1. The second kappa shape index (κ2) is 6.68. The molecule has 4 nitrogen and oxygen atoms in total. The Hall–Kier alpha value is -1.94. The molecular formula is C17H21N3O. The van der Waals surface area contributed by atoms with Crippen molar-refractivity contribution in [3.63, 3.8) is 0 Å². The van der Waals surface area contributed by atoms with Gasteiger partial charge in [-0.25, -0.2) is 9.97 Å². The quantitative estimate of drug-likeness (QED) is 0.857. The second-order valence-electron chi connectivity index (χ2n) is 5.31. The first-order valence-electron chi connectivity index (χ1n) is 7.62. The van der Waals surface area contributed by atoms with E-state index in [9.17, 15) is 0 Å². The van der Waals surface area contributed by atoms with Gasteiger partial charge in [0, 0.05) is 18.3 Å². The van der Waals surface area contributed by atoms with Gasteiger partial charge in [-0.05, 0) is 31.5 Å². The van der Waals surface area contributed by atoms with Crippen molar-refractivity contribution in [2.24, 2.45) is 0 Å². The zero-order valence-corrected chi connectivity index (χ0v) is 12.4. The second-order valence-corrected chi connectivity index (χ2v) is 5.31. The third-order valence-corrected chi connectivity index (χ3v) is 3.73. The zero-order valence-electron chi connectivity index (χ0n) is 12.4. The van der Waals surface area contributed by atoms with Crippen LogP contribution in [0.1, 0.15) is 42.8 Å². The van der Waals surface area contributed by atoms with E-state index in [0.29, 0.717) is 0 Å². The van der Waals surface area contributed by atoms with E-state index in [2.05, 4.69) is 23.3 Å². The Morgan fingerprint density at radius 2 is 2.19 bits per heavy atom. The summed E-state index contributed by atoms with van der Waals surface area (Å²) < 4.78 is 5.72. The largest absolute Gasteiger partial charge is 0.493 e. The third kappa shape index (κ3) is 3.22. The summed E-state index contributed by atoms with van der Waals surface area (Å²) in [5.41, 5.74) is 2.25. The Morgan fingerprint density at radius 1 is 1.29 bits per heavy atom. The summed E-state index contributed by atoms with van der Waals surface area (Å²) >= 11 is 0. The summed E-state index contributed by atoms with van der Waals surface area (Å²) in [4.78, 5) is 9.23. The molecule has 3 rings (SSSR count). The number of hydrogen-bond donors (Lipinski definition) is 1. The Balaban J connectivity index is 1.83. The summed E-state index contributed by atoms with van der Waals surface area (Å²) in [7, 11) is 0. The molecule has 0 amide bonds. The van der Waals surface area contributed by atoms with Crippen molar-refractivity contribution < 1.29 is 4.74 Å². The number of rotatable bonds is 5. The summed E-state index contributed by atoms with van der Waals surface area (Å²) in [6.07, 6.45) is 3.93. The number of hydrogen-bond acceptors (Lipinski definition) is 4. The normalized spacial score (nSPS) is 17.1. The van der Waals surface area contributed by atoms with Gasteiger partial charge in [0.25, 0.3) is 0 Å². The molecule has 0 saturated carbocycles. The molecule has 0 radical (unpaired) electrons. The molecule has 1 aliphatic rings. The topological polar surface area (TPSA) is 47.0 Å². The lowest BCUT2D eigenvalue weighted by Crippen LogP contribution is -2.19. The van der Waals surface area contributed by atoms with Crippen LogP contribution in [-0.4, -0.2) is 23.1 Å². The molecule has 2 aromatic rings. The summed E-state index contributed by atoms with van der Waals surface area (Å²) in [5.74, 6) is 2.11. The molecule has 1 aromatic carbocycles. The standard InChI is InChI=1S/C17H21N3O/c1-2-9-18-12-13-7-10-19-17(20-13)15-8-11-21-16-6-4-3-5-14(15)16/h3-7,10,15,18H,2,8-9,11-12H2,1H3. The van der Waals surface area contributed by atoms with E-state index < -0.39 is 0 Å². The van der Waals surface area contributed by atoms with Crippen LogP contribution < -0.4 is 10.1 Å². The van der Waals surface area contributed by atoms with Gasteiger partial charge in [-0.15, -0.1) is 0 Å². The molecule has 1 unspecified atom stereocenters. The number of nitrogens with zero attached hydrogens (tertiary/aromatic N) is 2. The van der Waals surface area contributed by atoms with Gasteiger partial charge in [0.1, 0.15) is 11.6 Å². The fourth-order valence-electron chi connectivity index (χ4n) is 2.68. The zero-order chi connectivity index (χ0) is 14.5. The van der Waals surface area contributed by atoms with Gasteiger partial charge in [-0.3, -0.25) is 0 Å². The smallest absolute Gasteiger partial charge is 0.136 e. The summed E-state index contributed by atoms with van der Waals surface area (Å²) in [5, 5.41) is 3.39. The maximum Gasteiger partial charge on any atom is 0.136 e. The maximum absolute atomic E-state index is 5.72. The van der Waals surface area contributed by atoms with Crippen molar-refractivity contribution in [3.05, 3.63) is 53.6 Å². The van der Waals surface area contributed by atoms with Gasteiger partial charge in [0.15, 0.2) is 0 Å². The summed E-state index contributed by atoms with van der Waals surface area (Å²) in [6, 6.07) is 10.2. The fraction of sp³-hybridized carbons (Fsp3) is 0.412. The lowest BCUT2D eigenvalue weighted by Gasteiger charge is -2.24. The Bertz CT molecular complexity index is 600. The molecule has 4 heteroatoms. The van der Waals surface area contributed by atoms with Crippen LogP contribution in [0.2, 0.25) is 0 Å². The predicted molar refractivity (Wildman–Crippen MR) is 82.4 cm³/mol. The van der Waals surface area contributed by atoms with E-state index in [4.69, 9.17) is 9.72 Å². The molecule has 21 heavy (non-hydrogen) atoms. The number of para-hydroxylation sites is 1. The average Bonchev–Trinajstić information content (AvgIpc) is 2.55. The van der Waals surface area contributed by atoms with E-state index >= 15 is 0 Å². The molecular weight excluding hydrogens is 262 g/mol. The first-order valence-corrected chi connectivity index (χ1v) is 7.62. The summed E-state index contributed by atoms with van der Waals surface area (Å²) in [6.45, 7) is 4.70. The van der Waals surface area contributed by atoms with E-state index in [1.165, 1.54) is 5.56 Å². The first-order chi connectivity index (χ1) is 10.4. The Labute approximate surface area is 125 Å². The van der Waals surface area contributed by atoms with Gasteiger partial charge in [0.2, 0.25) is 0 Å². The minimum absolute atomic E-state index is 0.237. The van der Waals surface area contributed by atoms with E-state index in [-0.39, 0.29) is 5.92 Å². The highest BCUT2D eigenvalue weighted by Gasteiger charge is 2.24. The molecule has 2 heterocycles. The van der Waals surface area contributed by atoms with E-state index in [0.717, 1.165) is 49.8 Å². The van der Waals surface area contributed by atoms with Crippen molar-refractivity contribution in [1.82, 2.24) is 15.3 Å². The fourth-order valence-corrected chi connectivity index (χ4v) is 2.68. The monoisotopic (exact) mass is 283 g/mol. The van der Waals surface area contributed by atoms with Gasteiger partial charge in [0.05, 0.1) is 18.2 Å². The average molecular weight is 283 g/mol. The van der Waals surface area contributed by atoms with E-state index in [1.54, 1.807) is 0 Å². The number of ether oxygens (including phenoxy) is 1. The maximum atomic E-state index is 5.72. The SMILES string of the molecule is CCCNCc1ccnc(C2CCOc3ccccc32)n1. The number of nitrogens with one attached hydrogen (secondary N) is 1. The minimum Gasteiger partial charge on any atom is -0.493 e. The molecule has 1 N–H and O–H groups in total. The first kappa shape index (κ1) is 14.0. The highest BCUT2D eigenvalue weighted by atomic mass is 16.5. The van der Waals surface area contributed by atoms with Gasteiger partial charge in [-0.1, -0.05) is 25.1 Å². The van der Waals surface area contributed by atoms with Crippen LogP contribution in [0.3, 0.4) is 0 Å². The third-order valence-electron chi connectivity index (χ3n) is 3.73. The molecule has 110 valence electrons. The molecule has 1 aromatic heterocycles. The number of aromatic nitrogens is 2. The highest BCUT2D eigenvalue weighted by molar-refractivity contribution is 5.40. The molecule has 1 atom stereocenters. The van der Waals surface area contributed by atoms with Crippen LogP contribution >= 0.6 is 0 Å². The molecule has 0 bridgehead atoms. The predicted octanol–water partition coefficient (Wildman–Crippen LogP) is 2.89. The lowest BCUT2D eigenvalue weighted by atomic mass is 9.92. The van der Waals surface area contributed by atoms with Crippen LogP contribution in [0.25, 0.3) is 0 Å². The van der Waals surface area contributed by atoms with E-state index in [1.807, 2.05) is 30.5 Å². The van der Waals surface area contributed by atoms with Crippen molar-refractivity contribution in [2.75, 3.05) is 13.2 Å². The molecule has 0 fully saturated rings. The highest BCUT2D eigenvalue weighted by Crippen LogP contribution is 2.36. The molecule has 1 aliphatic heterocycles. The van der Waals surface area contributed by atoms with Crippen LogP contribution in [0.4, 0.5) is 0 Å². The van der Waals surface area contributed by atoms with Crippen molar-refractivity contribution in [1.29, 1.82) is 0 Å². The van der Waals surface area contributed by atoms with Gasteiger partial charge in [-0.2, -0.15) is 0 Å². The van der Waals surface area contributed by atoms with Crippen molar-refractivity contribution in [3.8, 4) is 5.75 Å². The minimum atomic E-state index is 0.237. The van der Waals surface area contributed by atoms with Crippen LogP contribution in [0, 0.1) is 0 Å². The van der Waals surface area contributed by atoms with Crippen LogP contribution in [-0.2, 0) is 6.54 Å². The molecule has 0 spiro atoms. The van der Waals surface area contributed by atoms with Gasteiger partial charge < -0.3 is 10.1 Å².